The van der Waals surface area contributed by atoms with Gasteiger partial charge in [0.1, 0.15) is 0 Å². The molecule has 2 bridgehead atoms. The summed E-state index contributed by atoms with van der Waals surface area (Å²) in [6.45, 7) is 3.69. The van der Waals surface area contributed by atoms with Crippen molar-refractivity contribution in [2.24, 2.45) is 5.92 Å². The molecule has 2 atom stereocenters. The van der Waals surface area contributed by atoms with Crippen LogP contribution in [0, 0.1) is 5.92 Å². The van der Waals surface area contributed by atoms with Gasteiger partial charge in [0.15, 0.2) is 0 Å². The molecular formula is C32H37N3O2. The maximum Gasteiger partial charge on any atom is 0.224 e. The van der Waals surface area contributed by atoms with E-state index in [4.69, 9.17) is 4.74 Å². The minimum atomic E-state index is 0.108. The molecule has 192 valence electrons. The zero-order valence-corrected chi connectivity index (χ0v) is 21.7. The number of carbonyl (C=O) groups is 1. The molecule has 0 aromatic heterocycles. The number of hydrogen-bond donors (Lipinski definition) is 2. The fourth-order valence-electron chi connectivity index (χ4n) is 6.90. The Hall–Kier alpha value is -2.99. The van der Waals surface area contributed by atoms with Gasteiger partial charge in [-0.15, -0.1) is 0 Å². The van der Waals surface area contributed by atoms with Crippen LogP contribution in [-0.2, 0) is 29.1 Å². The number of aryl methyl sites for hydroxylation is 1. The summed E-state index contributed by atoms with van der Waals surface area (Å²) in [6, 6.07) is 27.3. The quantitative estimate of drug-likeness (QED) is 0.456. The third-order valence-corrected chi connectivity index (χ3v) is 8.68. The van der Waals surface area contributed by atoms with Crippen molar-refractivity contribution < 1.29 is 9.53 Å². The van der Waals surface area contributed by atoms with Crippen LogP contribution in [0.15, 0.2) is 72.8 Å². The Morgan fingerprint density at radius 3 is 2.27 bits per heavy atom. The highest BCUT2D eigenvalue weighted by molar-refractivity contribution is 5.94. The first-order valence-electron chi connectivity index (χ1n) is 13.7. The van der Waals surface area contributed by atoms with Gasteiger partial charge in [0.25, 0.3) is 0 Å². The van der Waals surface area contributed by atoms with Crippen molar-refractivity contribution in [3.05, 3.63) is 101 Å². The first kappa shape index (κ1) is 24.4. The molecule has 4 aliphatic heterocycles. The topological polar surface area (TPSA) is 53.6 Å². The van der Waals surface area contributed by atoms with E-state index in [0.29, 0.717) is 36.9 Å². The Morgan fingerprint density at radius 1 is 0.946 bits per heavy atom. The molecule has 3 saturated heterocycles. The molecule has 5 nitrogen and oxygen atoms in total. The molecular weight excluding hydrogens is 458 g/mol. The summed E-state index contributed by atoms with van der Waals surface area (Å²) in [5.41, 5.74) is 7.37. The number of amides is 1. The third kappa shape index (κ3) is 4.96. The van der Waals surface area contributed by atoms with E-state index >= 15 is 0 Å². The van der Waals surface area contributed by atoms with Gasteiger partial charge in [0.2, 0.25) is 5.91 Å². The second kappa shape index (κ2) is 10.8. The van der Waals surface area contributed by atoms with Gasteiger partial charge in [0.05, 0.1) is 6.61 Å². The molecule has 0 spiro atoms. The number of methoxy groups -OCH3 is 1. The standard InChI is InChI=1S/C32H37N3O2/c1-37-21-27-18-25-12-13-29(36)34-28(25)19-26(27)20-33-31-24-14-16-35(17-15-24)32(31)30(22-8-4-2-5-9-22)23-10-6-3-7-11-23/h2-11,18-19,24,30-33H,12-17,20-21H2,1H3,(H,34,36)/t31-,32-/m0/s1. The van der Waals surface area contributed by atoms with E-state index in [1.165, 1.54) is 53.7 Å². The first-order valence-corrected chi connectivity index (χ1v) is 13.7. The zero-order valence-electron chi connectivity index (χ0n) is 21.7. The summed E-state index contributed by atoms with van der Waals surface area (Å²) >= 11 is 0. The second-order valence-corrected chi connectivity index (χ2v) is 10.8. The summed E-state index contributed by atoms with van der Waals surface area (Å²) < 4.78 is 5.57. The van der Waals surface area contributed by atoms with Crippen molar-refractivity contribution >= 4 is 11.6 Å². The normalized spacial score (nSPS) is 24.6. The number of fused-ring (bicyclic) bond motifs is 4. The summed E-state index contributed by atoms with van der Waals surface area (Å²) in [4.78, 5) is 14.8. The molecule has 3 fully saturated rings. The molecule has 2 N–H and O–H groups in total. The van der Waals surface area contributed by atoms with E-state index in [1.54, 1.807) is 7.11 Å². The molecule has 37 heavy (non-hydrogen) atoms. The van der Waals surface area contributed by atoms with E-state index in [1.807, 2.05) is 0 Å². The first-order chi connectivity index (χ1) is 18.2. The number of nitrogens with zero attached hydrogens (tertiary/aromatic N) is 1. The maximum atomic E-state index is 12.1. The second-order valence-electron chi connectivity index (χ2n) is 10.8. The van der Waals surface area contributed by atoms with E-state index in [2.05, 4.69) is 88.3 Å². The van der Waals surface area contributed by atoms with Gasteiger partial charge in [0, 0.05) is 43.8 Å². The minimum Gasteiger partial charge on any atom is -0.380 e. The average Bonchev–Trinajstić information content (AvgIpc) is 2.94. The predicted molar refractivity (Wildman–Crippen MR) is 148 cm³/mol. The number of nitrogens with one attached hydrogen (secondary N) is 2. The molecule has 7 rings (SSSR count). The molecule has 0 aliphatic carbocycles. The number of carbonyl (C=O) groups excluding carboxylic acids is 1. The van der Waals surface area contributed by atoms with E-state index < -0.39 is 0 Å². The Balaban J connectivity index is 1.33. The summed E-state index contributed by atoms with van der Waals surface area (Å²) in [5.74, 6) is 1.08. The molecule has 3 aromatic rings. The fourth-order valence-corrected chi connectivity index (χ4v) is 6.90. The number of ether oxygens (including phenoxy) is 1. The van der Waals surface area contributed by atoms with Gasteiger partial charge < -0.3 is 15.4 Å². The summed E-state index contributed by atoms with van der Waals surface area (Å²) in [5, 5.41) is 7.14. The highest BCUT2D eigenvalue weighted by atomic mass is 16.5. The highest BCUT2D eigenvalue weighted by Crippen LogP contribution is 2.42. The molecule has 0 unspecified atom stereocenters. The van der Waals surface area contributed by atoms with Gasteiger partial charge in [-0.25, -0.2) is 0 Å². The van der Waals surface area contributed by atoms with Crippen LogP contribution in [-0.4, -0.2) is 43.1 Å². The Kier molecular flexibility index (Phi) is 7.10. The average molecular weight is 496 g/mol. The smallest absolute Gasteiger partial charge is 0.224 e. The van der Waals surface area contributed by atoms with E-state index in [0.717, 1.165) is 18.7 Å². The minimum absolute atomic E-state index is 0.108. The zero-order chi connectivity index (χ0) is 25.2. The van der Waals surface area contributed by atoms with Gasteiger partial charge in [-0.3, -0.25) is 9.69 Å². The fraction of sp³-hybridized carbons (Fsp3) is 0.406. The van der Waals surface area contributed by atoms with Crippen molar-refractivity contribution in [3.8, 4) is 0 Å². The lowest BCUT2D eigenvalue weighted by Crippen LogP contribution is -2.64. The predicted octanol–water partition coefficient (Wildman–Crippen LogP) is 5.10. The van der Waals surface area contributed by atoms with Crippen LogP contribution in [0.3, 0.4) is 0 Å². The molecule has 4 heterocycles. The molecule has 3 aromatic carbocycles. The summed E-state index contributed by atoms with van der Waals surface area (Å²) in [6.07, 6.45) is 3.84. The monoisotopic (exact) mass is 495 g/mol. The number of anilines is 1. The highest BCUT2D eigenvalue weighted by Gasteiger charge is 2.46. The van der Waals surface area contributed by atoms with Crippen LogP contribution in [0.2, 0.25) is 0 Å². The van der Waals surface area contributed by atoms with Crippen molar-refractivity contribution in [2.75, 3.05) is 25.5 Å². The maximum absolute atomic E-state index is 12.1. The van der Waals surface area contributed by atoms with Crippen LogP contribution in [0.1, 0.15) is 53.0 Å². The van der Waals surface area contributed by atoms with Crippen molar-refractivity contribution in [3.63, 3.8) is 0 Å². The Bertz CT molecular complexity index is 1180. The van der Waals surface area contributed by atoms with Crippen LogP contribution >= 0.6 is 0 Å². The van der Waals surface area contributed by atoms with Gasteiger partial charge >= 0.3 is 0 Å². The number of rotatable bonds is 8. The van der Waals surface area contributed by atoms with Crippen LogP contribution in [0.4, 0.5) is 5.69 Å². The number of piperidine rings is 3. The van der Waals surface area contributed by atoms with Gasteiger partial charge in [-0.1, -0.05) is 66.7 Å². The Morgan fingerprint density at radius 2 is 1.62 bits per heavy atom. The SMILES string of the molecule is COCc1cc2c(cc1CN[C@H]1C3CCN(CC3)[C@H]1C(c1ccccc1)c1ccccc1)NC(=O)CC2. The van der Waals surface area contributed by atoms with Gasteiger partial charge in [-0.05, 0) is 72.2 Å². The van der Waals surface area contributed by atoms with Crippen LogP contribution in [0.5, 0.6) is 0 Å². The lowest BCUT2D eigenvalue weighted by molar-refractivity contribution is -0.116. The van der Waals surface area contributed by atoms with Crippen LogP contribution in [0.25, 0.3) is 0 Å². The van der Waals surface area contributed by atoms with Crippen LogP contribution < -0.4 is 10.6 Å². The third-order valence-electron chi connectivity index (χ3n) is 8.68. The lowest BCUT2D eigenvalue weighted by atomic mass is 9.70. The molecule has 5 heteroatoms. The van der Waals surface area contributed by atoms with Crippen molar-refractivity contribution in [1.29, 1.82) is 0 Å². The van der Waals surface area contributed by atoms with Gasteiger partial charge in [-0.2, -0.15) is 0 Å². The van der Waals surface area contributed by atoms with Crippen molar-refractivity contribution in [2.45, 2.75) is 56.8 Å². The molecule has 1 amide bonds. The number of benzene rings is 3. The Labute approximate surface area is 220 Å². The molecule has 4 aliphatic rings. The number of hydrogen-bond acceptors (Lipinski definition) is 4. The molecule has 0 radical (unpaired) electrons. The van der Waals surface area contributed by atoms with E-state index in [9.17, 15) is 4.79 Å². The van der Waals surface area contributed by atoms with E-state index in [-0.39, 0.29) is 5.91 Å². The molecule has 0 saturated carbocycles. The lowest BCUT2D eigenvalue weighted by Gasteiger charge is -2.54. The largest absolute Gasteiger partial charge is 0.380 e. The summed E-state index contributed by atoms with van der Waals surface area (Å²) in [7, 11) is 1.76. The van der Waals surface area contributed by atoms with Crippen molar-refractivity contribution in [1.82, 2.24) is 10.2 Å².